The van der Waals surface area contributed by atoms with Gasteiger partial charge in [0.05, 0.1) is 29.8 Å². The third-order valence-corrected chi connectivity index (χ3v) is 7.32. The van der Waals surface area contributed by atoms with E-state index in [9.17, 15) is 9.59 Å². The number of anilines is 2. The Hall–Kier alpha value is -4.43. The Morgan fingerprint density at radius 3 is 2.58 bits per heavy atom. The van der Waals surface area contributed by atoms with Gasteiger partial charge in [0.25, 0.3) is 0 Å². The highest BCUT2D eigenvalue weighted by Crippen LogP contribution is 2.32. The number of pyridine rings is 2. The van der Waals surface area contributed by atoms with E-state index >= 15 is 0 Å². The molecule has 2 aliphatic rings. The van der Waals surface area contributed by atoms with Gasteiger partial charge in [-0.3, -0.25) is 9.78 Å². The smallest absolute Gasteiger partial charge is 0.414 e. The zero-order valence-corrected chi connectivity index (χ0v) is 22.4. The van der Waals surface area contributed by atoms with Gasteiger partial charge in [-0.1, -0.05) is 6.07 Å². The van der Waals surface area contributed by atoms with Crippen molar-refractivity contribution < 1.29 is 34.1 Å². The van der Waals surface area contributed by atoms with Crippen molar-refractivity contribution in [1.82, 2.24) is 20.2 Å². The molecule has 1 aromatic carbocycles. The molecule has 0 radical (unpaired) electrons. The summed E-state index contributed by atoms with van der Waals surface area (Å²) in [4.78, 5) is 54.4. The molecule has 1 fully saturated rings. The lowest BCUT2D eigenvalue weighted by Gasteiger charge is -2.32. The van der Waals surface area contributed by atoms with E-state index in [1.54, 1.807) is 37.2 Å². The number of hydrogen-bond acceptors (Lipinski definition) is 9. The fourth-order valence-corrected chi connectivity index (χ4v) is 4.99. The van der Waals surface area contributed by atoms with Gasteiger partial charge in [-0.25, -0.2) is 19.4 Å². The van der Waals surface area contributed by atoms with Crippen molar-refractivity contribution in [3.63, 3.8) is 0 Å². The SMILES string of the molecule is COc1ccc2nccc(NC(=O)N3CCC(NCc4ccc5c(c4)NC(=O)CS5)CC3)c2n1.O=C(O)C(=O)O. The van der Waals surface area contributed by atoms with Crippen LogP contribution >= 0.6 is 11.8 Å². The highest BCUT2D eigenvalue weighted by atomic mass is 32.2. The number of aromatic nitrogens is 2. The van der Waals surface area contributed by atoms with E-state index in [1.807, 2.05) is 17.0 Å². The zero-order chi connectivity index (χ0) is 28.6. The second-order valence-corrected chi connectivity index (χ2v) is 9.95. The average molecular weight is 569 g/mol. The van der Waals surface area contributed by atoms with Crippen LogP contribution in [0, 0.1) is 0 Å². The van der Waals surface area contributed by atoms with Gasteiger partial charge in [-0.2, -0.15) is 0 Å². The Labute approximate surface area is 233 Å². The molecule has 5 rings (SSSR count). The zero-order valence-electron chi connectivity index (χ0n) is 21.5. The summed E-state index contributed by atoms with van der Waals surface area (Å²) in [5.74, 6) is -2.66. The fourth-order valence-electron chi connectivity index (χ4n) is 4.21. The molecule has 0 unspecified atom stereocenters. The summed E-state index contributed by atoms with van der Waals surface area (Å²) >= 11 is 1.57. The van der Waals surface area contributed by atoms with Gasteiger partial charge in [-0.05, 0) is 42.7 Å². The summed E-state index contributed by atoms with van der Waals surface area (Å²) in [6.07, 6.45) is 3.40. The van der Waals surface area contributed by atoms with Crippen LogP contribution < -0.4 is 20.7 Å². The number of ether oxygens (including phenoxy) is 1. The molecule has 210 valence electrons. The van der Waals surface area contributed by atoms with E-state index in [-0.39, 0.29) is 11.9 Å². The molecule has 14 heteroatoms. The van der Waals surface area contributed by atoms with Crippen LogP contribution in [0.15, 0.2) is 47.5 Å². The molecule has 1 saturated heterocycles. The number of benzene rings is 1. The Kier molecular flexibility index (Phi) is 9.35. The van der Waals surface area contributed by atoms with Gasteiger partial charge in [0.1, 0.15) is 5.52 Å². The van der Waals surface area contributed by atoms with Crippen LogP contribution in [0.3, 0.4) is 0 Å². The summed E-state index contributed by atoms with van der Waals surface area (Å²) in [5.41, 5.74) is 3.94. The second kappa shape index (κ2) is 13.1. The topological polar surface area (TPSA) is 183 Å². The Bertz CT molecular complexity index is 1420. The minimum atomic E-state index is -1.82. The maximum atomic E-state index is 12.9. The van der Waals surface area contributed by atoms with Crippen LogP contribution in [0.4, 0.5) is 16.2 Å². The lowest BCUT2D eigenvalue weighted by molar-refractivity contribution is -0.159. The highest BCUT2D eigenvalue weighted by Gasteiger charge is 2.23. The van der Waals surface area contributed by atoms with Gasteiger partial charge >= 0.3 is 18.0 Å². The predicted molar refractivity (Wildman–Crippen MR) is 148 cm³/mol. The molecule has 3 aromatic rings. The number of nitrogens with one attached hydrogen (secondary N) is 3. The van der Waals surface area contributed by atoms with Crippen molar-refractivity contribution in [2.75, 3.05) is 36.6 Å². The number of carbonyl (C=O) groups excluding carboxylic acids is 2. The molecule has 5 N–H and O–H groups in total. The first-order valence-corrected chi connectivity index (χ1v) is 13.3. The van der Waals surface area contributed by atoms with Crippen molar-refractivity contribution in [1.29, 1.82) is 0 Å². The largest absolute Gasteiger partial charge is 0.481 e. The molecular weight excluding hydrogens is 540 g/mol. The van der Waals surface area contributed by atoms with E-state index in [0.29, 0.717) is 47.5 Å². The number of hydrogen-bond donors (Lipinski definition) is 5. The third-order valence-electron chi connectivity index (χ3n) is 6.25. The van der Waals surface area contributed by atoms with Crippen molar-refractivity contribution >= 4 is 58.0 Å². The van der Waals surface area contributed by atoms with Crippen LogP contribution in [0.2, 0.25) is 0 Å². The minimum absolute atomic E-state index is 0.0444. The summed E-state index contributed by atoms with van der Waals surface area (Å²) in [6.45, 7) is 2.06. The number of thioether (sulfide) groups is 1. The number of carbonyl (C=O) groups is 4. The quantitative estimate of drug-likeness (QED) is 0.285. The molecule has 0 bridgehead atoms. The number of amides is 3. The first-order valence-electron chi connectivity index (χ1n) is 12.3. The minimum Gasteiger partial charge on any atom is -0.481 e. The first-order chi connectivity index (χ1) is 19.2. The summed E-state index contributed by atoms with van der Waals surface area (Å²) in [7, 11) is 1.56. The standard InChI is InChI=1S/C24H26N6O3S.C2H2O4/c1-33-22-5-3-17-23(29-22)18(6-9-25-17)28-24(32)30-10-7-16(8-11-30)26-13-15-2-4-20-19(12-15)27-21(31)14-34-20;3-1(4)2(5)6/h2-6,9,12,16,26H,7-8,10-11,13-14H2,1H3,(H,27,31)(H,25,28,32);(H,3,4)(H,5,6). The van der Waals surface area contributed by atoms with Crippen LogP contribution in [0.1, 0.15) is 18.4 Å². The third kappa shape index (κ3) is 7.36. The number of rotatable bonds is 5. The molecule has 0 atom stereocenters. The lowest BCUT2D eigenvalue weighted by Crippen LogP contribution is -2.46. The summed E-state index contributed by atoms with van der Waals surface area (Å²) in [5, 5.41) is 24.3. The number of piperidine rings is 1. The Morgan fingerprint density at radius 2 is 1.88 bits per heavy atom. The van der Waals surface area contributed by atoms with Gasteiger partial charge in [-0.15, -0.1) is 11.8 Å². The summed E-state index contributed by atoms with van der Waals surface area (Å²) < 4.78 is 5.21. The second-order valence-electron chi connectivity index (χ2n) is 8.93. The number of aliphatic carboxylic acids is 2. The number of carboxylic acids is 2. The highest BCUT2D eigenvalue weighted by molar-refractivity contribution is 8.00. The van der Waals surface area contributed by atoms with Crippen molar-refractivity contribution in [2.24, 2.45) is 0 Å². The van der Waals surface area contributed by atoms with Crippen LogP contribution in [0.5, 0.6) is 5.88 Å². The normalized spacial score (nSPS) is 14.8. The molecule has 2 aromatic heterocycles. The number of carboxylic acid groups (broad SMARTS) is 2. The number of nitrogens with zero attached hydrogens (tertiary/aromatic N) is 3. The number of urea groups is 1. The Balaban J connectivity index is 0.000000557. The van der Waals surface area contributed by atoms with Gasteiger partial charge < -0.3 is 35.8 Å². The molecule has 4 heterocycles. The van der Waals surface area contributed by atoms with Crippen LogP contribution in [-0.4, -0.2) is 81.0 Å². The molecule has 0 aliphatic carbocycles. The van der Waals surface area contributed by atoms with E-state index in [0.717, 1.165) is 35.5 Å². The lowest BCUT2D eigenvalue weighted by atomic mass is 10.0. The number of fused-ring (bicyclic) bond motifs is 2. The van der Waals surface area contributed by atoms with Gasteiger partial charge in [0.2, 0.25) is 11.8 Å². The molecule has 13 nitrogen and oxygen atoms in total. The average Bonchev–Trinajstić information content (AvgIpc) is 2.96. The van der Waals surface area contributed by atoms with E-state index in [4.69, 9.17) is 24.5 Å². The number of likely N-dealkylation sites (tertiary alicyclic amines) is 1. The van der Waals surface area contributed by atoms with Crippen molar-refractivity contribution in [3.05, 3.63) is 48.2 Å². The van der Waals surface area contributed by atoms with Gasteiger partial charge in [0.15, 0.2) is 0 Å². The first kappa shape index (κ1) is 28.6. The van der Waals surface area contributed by atoms with Gasteiger partial charge in [0, 0.05) is 42.8 Å². The van der Waals surface area contributed by atoms with Crippen LogP contribution in [0.25, 0.3) is 11.0 Å². The number of methoxy groups -OCH3 is 1. The van der Waals surface area contributed by atoms with Crippen molar-refractivity contribution in [3.8, 4) is 5.88 Å². The predicted octanol–water partition coefficient (Wildman–Crippen LogP) is 2.62. The molecule has 2 aliphatic heterocycles. The Morgan fingerprint density at radius 1 is 1.12 bits per heavy atom. The summed E-state index contributed by atoms with van der Waals surface area (Å²) in [6, 6.07) is 11.7. The van der Waals surface area contributed by atoms with E-state index in [1.165, 1.54) is 0 Å². The monoisotopic (exact) mass is 568 g/mol. The maximum Gasteiger partial charge on any atom is 0.414 e. The maximum absolute atomic E-state index is 12.9. The van der Waals surface area contributed by atoms with Crippen LogP contribution in [-0.2, 0) is 20.9 Å². The molecule has 40 heavy (non-hydrogen) atoms. The van der Waals surface area contributed by atoms with E-state index < -0.39 is 11.9 Å². The molecular formula is C26H28N6O7S. The molecule has 0 spiro atoms. The van der Waals surface area contributed by atoms with Crippen molar-refractivity contribution in [2.45, 2.75) is 30.3 Å². The van der Waals surface area contributed by atoms with E-state index in [2.05, 4.69) is 38.1 Å². The molecule has 0 saturated carbocycles. The molecule has 3 amide bonds. The fraction of sp³-hybridized carbons (Fsp3) is 0.308.